The molecule has 0 spiro atoms. The fourth-order valence-electron chi connectivity index (χ4n) is 4.17. The predicted molar refractivity (Wildman–Crippen MR) is 129 cm³/mol. The topological polar surface area (TPSA) is 38.8 Å². The molecule has 0 N–H and O–H groups in total. The first-order chi connectivity index (χ1) is 15.6. The van der Waals surface area contributed by atoms with Crippen molar-refractivity contribution in [1.82, 2.24) is 0 Å². The Morgan fingerprint density at radius 1 is 0.969 bits per heavy atom. The summed E-state index contributed by atoms with van der Waals surface area (Å²) >= 11 is 0. The average Bonchev–Trinajstić information content (AvgIpc) is 3.27. The largest absolute Gasteiger partial charge is 0.489 e. The summed E-state index contributed by atoms with van der Waals surface area (Å²) in [7, 11) is 0. The van der Waals surface area contributed by atoms with E-state index >= 15 is 0 Å². The maximum atomic E-state index is 11.3. The lowest BCUT2D eigenvalue weighted by molar-refractivity contribution is -0.117. The van der Waals surface area contributed by atoms with Gasteiger partial charge < -0.3 is 19.2 Å². The summed E-state index contributed by atoms with van der Waals surface area (Å²) in [5, 5.41) is 0. The monoisotopic (exact) mass is 429 g/mol. The van der Waals surface area contributed by atoms with Crippen molar-refractivity contribution in [3.05, 3.63) is 90.0 Å². The average molecular weight is 430 g/mol. The molecule has 3 aromatic rings. The summed E-state index contributed by atoms with van der Waals surface area (Å²) in [5.41, 5.74) is 3.53. The van der Waals surface area contributed by atoms with E-state index in [1.165, 1.54) is 11.3 Å². The smallest absolute Gasteiger partial charge is 0.130 e. The molecule has 4 rings (SSSR count). The van der Waals surface area contributed by atoms with E-state index in [1.54, 1.807) is 6.92 Å². The zero-order chi connectivity index (χ0) is 22.3. The van der Waals surface area contributed by atoms with Crippen molar-refractivity contribution in [2.24, 2.45) is 0 Å². The Bertz CT molecular complexity index is 999. The van der Waals surface area contributed by atoms with E-state index in [0.29, 0.717) is 13.0 Å². The molecule has 1 unspecified atom stereocenters. The van der Waals surface area contributed by atoms with E-state index < -0.39 is 0 Å². The predicted octanol–water partition coefficient (Wildman–Crippen LogP) is 6.01. The highest BCUT2D eigenvalue weighted by Crippen LogP contribution is 2.27. The summed E-state index contributed by atoms with van der Waals surface area (Å²) < 4.78 is 12.1. The number of hydrogen-bond acceptors (Lipinski definition) is 4. The van der Waals surface area contributed by atoms with Crippen LogP contribution in [-0.2, 0) is 11.4 Å². The van der Waals surface area contributed by atoms with Gasteiger partial charge >= 0.3 is 0 Å². The molecule has 0 saturated carbocycles. The van der Waals surface area contributed by atoms with E-state index in [1.807, 2.05) is 42.5 Å². The third-order valence-corrected chi connectivity index (χ3v) is 5.94. The molecule has 3 aromatic carbocycles. The van der Waals surface area contributed by atoms with Crippen LogP contribution in [0.2, 0.25) is 0 Å². The van der Waals surface area contributed by atoms with Gasteiger partial charge in [-0.05, 0) is 60.4 Å². The summed E-state index contributed by atoms with van der Waals surface area (Å²) in [5.74, 6) is 2.23. The number of benzene rings is 3. The summed E-state index contributed by atoms with van der Waals surface area (Å²) in [6.07, 6.45) is 1.74. The molecule has 0 aliphatic carbocycles. The Kier molecular flexibility index (Phi) is 7.10. The van der Waals surface area contributed by atoms with Gasteiger partial charge in [0, 0.05) is 25.1 Å². The van der Waals surface area contributed by atoms with Crippen LogP contribution in [-0.4, -0.2) is 25.0 Å². The number of carbonyl (C=O) groups excluding carboxylic acids is 1. The van der Waals surface area contributed by atoms with Crippen molar-refractivity contribution in [2.45, 2.75) is 45.3 Å². The highest BCUT2D eigenvalue weighted by Gasteiger charge is 2.24. The first kappa shape index (κ1) is 21.9. The first-order valence-electron chi connectivity index (χ1n) is 11.3. The Hall–Kier alpha value is -3.27. The molecular formula is C28H31NO3. The van der Waals surface area contributed by atoms with Gasteiger partial charge in [-0.2, -0.15) is 0 Å². The van der Waals surface area contributed by atoms with Gasteiger partial charge in [0.25, 0.3) is 0 Å². The number of nitrogens with zero attached hydrogens (tertiary/aromatic N) is 1. The number of anilines is 1. The van der Waals surface area contributed by atoms with Crippen molar-refractivity contribution in [1.29, 1.82) is 0 Å². The number of carbonyl (C=O) groups is 1. The molecule has 0 amide bonds. The Morgan fingerprint density at radius 3 is 2.34 bits per heavy atom. The van der Waals surface area contributed by atoms with Crippen LogP contribution in [0.1, 0.15) is 43.7 Å². The maximum absolute atomic E-state index is 11.3. The zero-order valence-electron chi connectivity index (χ0n) is 18.9. The molecule has 166 valence electrons. The molecule has 0 radical (unpaired) electrons. The fraction of sp³-hybridized carbons (Fsp3) is 0.321. The number of Topliss-reactive ketones (excluding diaryl/α,β-unsaturated/α-hetero) is 1. The SMILES string of the molecule is CC(=O)C[C@@H](C)c1ccc(OC2CCN(c3ccc(OCc4ccccc4)cc3)C2)cc1. The highest BCUT2D eigenvalue weighted by molar-refractivity contribution is 5.76. The standard InChI is InChI=1S/C28H31NO3/c1-21(18-22(2)30)24-8-12-27(13-9-24)32-28-16-17-29(19-28)25-10-14-26(15-11-25)31-20-23-6-4-3-5-7-23/h3-15,21,28H,16-20H2,1-2H3/t21-,28?/m1/s1. The number of rotatable bonds is 9. The molecular weight excluding hydrogens is 398 g/mol. The van der Waals surface area contributed by atoms with Crippen LogP contribution in [0.4, 0.5) is 5.69 Å². The molecule has 0 aromatic heterocycles. The van der Waals surface area contributed by atoms with Gasteiger partial charge in [-0.1, -0.05) is 49.4 Å². The van der Waals surface area contributed by atoms with Crippen LogP contribution in [0.5, 0.6) is 11.5 Å². The number of ether oxygens (including phenoxy) is 2. The molecule has 1 aliphatic heterocycles. The quantitative estimate of drug-likeness (QED) is 0.418. The fourth-order valence-corrected chi connectivity index (χ4v) is 4.17. The van der Waals surface area contributed by atoms with Crippen molar-refractivity contribution in [2.75, 3.05) is 18.0 Å². The van der Waals surface area contributed by atoms with Gasteiger partial charge in [-0.25, -0.2) is 0 Å². The minimum absolute atomic E-state index is 0.171. The Labute approximate surface area is 190 Å². The lowest BCUT2D eigenvalue weighted by atomic mass is 9.96. The molecule has 1 aliphatic rings. The van der Waals surface area contributed by atoms with Gasteiger partial charge in [0.1, 0.15) is 30.0 Å². The lowest BCUT2D eigenvalue weighted by Gasteiger charge is -2.20. The van der Waals surface area contributed by atoms with Crippen LogP contribution in [0, 0.1) is 0 Å². The van der Waals surface area contributed by atoms with Gasteiger partial charge in [0.05, 0.1) is 6.54 Å². The van der Waals surface area contributed by atoms with Crippen LogP contribution in [0.25, 0.3) is 0 Å². The van der Waals surface area contributed by atoms with Gasteiger partial charge in [0.2, 0.25) is 0 Å². The Balaban J connectivity index is 1.27. The van der Waals surface area contributed by atoms with Crippen molar-refractivity contribution < 1.29 is 14.3 Å². The third-order valence-electron chi connectivity index (χ3n) is 5.94. The van der Waals surface area contributed by atoms with Crippen molar-refractivity contribution in [3.8, 4) is 11.5 Å². The van der Waals surface area contributed by atoms with Gasteiger partial charge in [0.15, 0.2) is 0 Å². The zero-order valence-corrected chi connectivity index (χ0v) is 18.9. The van der Waals surface area contributed by atoms with Crippen molar-refractivity contribution >= 4 is 11.5 Å². The van der Waals surface area contributed by atoms with E-state index in [4.69, 9.17) is 9.47 Å². The van der Waals surface area contributed by atoms with E-state index in [2.05, 4.69) is 48.2 Å². The summed E-state index contributed by atoms with van der Waals surface area (Å²) in [6.45, 7) is 6.15. The first-order valence-corrected chi connectivity index (χ1v) is 11.3. The van der Waals surface area contributed by atoms with E-state index in [0.717, 1.165) is 36.6 Å². The second kappa shape index (κ2) is 10.4. The minimum atomic E-state index is 0.171. The molecule has 32 heavy (non-hydrogen) atoms. The number of hydrogen-bond donors (Lipinski definition) is 0. The summed E-state index contributed by atoms with van der Waals surface area (Å²) in [6, 6.07) is 26.7. The van der Waals surface area contributed by atoms with Crippen LogP contribution < -0.4 is 14.4 Å². The maximum Gasteiger partial charge on any atom is 0.130 e. The van der Waals surface area contributed by atoms with Crippen LogP contribution in [0.15, 0.2) is 78.9 Å². The third kappa shape index (κ3) is 5.91. The molecule has 0 bridgehead atoms. The van der Waals surface area contributed by atoms with Crippen LogP contribution in [0.3, 0.4) is 0 Å². The molecule has 1 heterocycles. The van der Waals surface area contributed by atoms with Crippen molar-refractivity contribution in [3.63, 3.8) is 0 Å². The van der Waals surface area contributed by atoms with E-state index in [9.17, 15) is 4.79 Å². The summed E-state index contributed by atoms with van der Waals surface area (Å²) in [4.78, 5) is 13.7. The Morgan fingerprint density at radius 2 is 1.66 bits per heavy atom. The second-order valence-electron chi connectivity index (χ2n) is 8.62. The normalized spacial score (nSPS) is 16.6. The van der Waals surface area contributed by atoms with Gasteiger partial charge in [-0.15, -0.1) is 0 Å². The number of ketones is 1. The molecule has 4 nitrogen and oxygen atoms in total. The second-order valence-corrected chi connectivity index (χ2v) is 8.62. The molecule has 1 saturated heterocycles. The lowest BCUT2D eigenvalue weighted by Crippen LogP contribution is -2.24. The molecule has 4 heteroatoms. The van der Waals surface area contributed by atoms with Gasteiger partial charge in [-0.3, -0.25) is 0 Å². The highest BCUT2D eigenvalue weighted by atomic mass is 16.5. The molecule has 1 fully saturated rings. The van der Waals surface area contributed by atoms with Crippen LogP contribution >= 0.6 is 0 Å². The van der Waals surface area contributed by atoms with E-state index in [-0.39, 0.29) is 17.8 Å². The minimum Gasteiger partial charge on any atom is -0.489 e. The molecule has 2 atom stereocenters.